The first-order valence-electron chi connectivity index (χ1n) is 7.15. The summed E-state index contributed by atoms with van der Waals surface area (Å²) in [7, 11) is 0. The van der Waals surface area contributed by atoms with Gasteiger partial charge < -0.3 is 9.88 Å². The van der Waals surface area contributed by atoms with Crippen LogP contribution in [0.3, 0.4) is 0 Å². The molecule has 0 bridgehead atoms. The van der Waals surface area contributed by atoms with Crippen molar-refractivity contribution < 1.29 is 0 Å². The van der Waals surface area contributed by atoms with E-state index in [0.717, 1.165) is 17.1 Å². The van der Waals surface area contributed by atoms with Gasteiger partial charge in [-0.2, -0.15) is 0 Å². The molecule has 1 aliphatic carbocycles. The lowest BCUT2D eigenvalue weighted by atomic mass is 10.0. The molecule has 0 radical (unpaired) electrons. The number of nitrogens with one attached hydrogen (secondary N) is 1. The zero-order chi connectivity index (χ0) is 13.0. The van der Waals surface area contributed by atoms with E-state index < -0.39 is 0 Å². The Balaban J connectivity index is 1.91. The third-order valence-electron chi connectivity index (χ3n) is 4.45. The molecule has 3 nitrogen and oxygen atoms in total. The molecule has 2 fully saturated rings. The van der Waals surface area contributed by atoms with E-state index in [-0.39, 0.29) is 0 Å². The Morgan fingerprint density at radius 2 is 2.16 bits per heavy atom. The van der Waals surface area contributed by atoms with Crippen molar-refractivity contribution in [2.75, 3.05) is 6.54 Å². The second-order valence-corrected chi connectivity index (χ2v) is 6.28. The summed E-state index contributed by atoms with van der Waals surface area (Å²) in [5.41, 5.74) is 2.30. The van der Waals surface area contributed by atoms with E-state index in [0.29, 0.717) is 18.0 Å². The molecule has 4 rings (SSSR count). The number of fused-ring (bicyclic) bond motifs is 1. The molecule has 2 aliphatic rings. The number of halogens is 1. The molecule has 1 aromatic heterocycles. The predicted molar refractivity (Wildman–Crippen MR) is 77.8 cm³/mol. The summed E-state index contributed by atoms with van der Waals surface area (Å²) in [4.78, 5) is 4.91. The van der Waals surface area contributed by atoms with Gasteiger partial charge >= 0.3 is 0 Å². The van der Waals surface area contributed by atoms with Crippen LogP contribution in [0, 0.1) is 0 Å². The minimum atomic E-state index is 0.518. The van der Waals surface area contributed by atoms with E-state index in [1.807, 2.05) is 12.1 Å². The summed E-state index contributed by atoms with van der Waals surface area (Å²) in [5, 5.41) is 4.31. The van der Waals surface area contributed by atoms with E-state index in [1.165, 1.54) is 30.6 Å². The fraction of sp³-hybridized carbons (Fsp3) is 0.533. The molecule has 2 aromatic rings. The Hall–Kier alpha value is -1.06. The summed E-state index contributed by atoms with van der Waals surface area (Å²) >= 11 is 6.10. The summed E-state index contributed by atoms with van der Waals surface area (Å²) in [6, 6.07) is 7.27. The van der Waals surface area contributed by atoms with Crippen LogP contribution in [0.4, 0.5) is 0 Å². The van der Waals surface area contributed by atoms with Crippen LogP contribution in [-0.4, -0.2) is 22.1 Å². The summed E-state index contributed by atoms with van der Waals surface area (Å²) in [5.74, 6) is 1.80. The standard InChI is InChI=1S/C15H18ClN3/c1-9-12(6-7-17-9)15-18-13-8-10(16)2-5-14(13)19(15)11-3-4-11/h2,5,8-9,11-12,17H,3-4,6-7H2,1H3. The normalized spacial score (nSPS) is 27.3. The zero-order valence-corrected chi connectivity index (χ0v) is 11.8. The Morgan fingerprint density at radius 3 is 2.84 bits per heavy atom. The molecule has 1 N–H and O–H groups in total. The molecule has 1 aromatic carbocycles. The topological polar surface area (TPSA) is 29.9 Å². The minimum absolute atomic E-state index is 0.518. The molecule has 0 amide bonds. The van der Waals surface area contributed by atoms with Gasteiger partial charge in [0.2, 0.25) is 0 Å². The van der Waals surface area contributed by atoms with Gasteiger partial charge in [0.05, 0.1) is 11.0 Å². The molecule has 100 valence electrons. The molecule has 2 unspecified atom stereocenters. The van der Waals surface area contributed by atoms with Gasteiger partial charge in [0, 0.05) is 23.0 Å². The van der Waals surface area contributed by atoms with Crippen LogP contribution in [-0.2, 0) is 0 Å². The Bertz CT molecular complexity index is 630. The maximum absolute atomic E-state index is 6.10. The first-order valence-corrected chi connectivity index (χ1v) is 7.52. The lowest BCUT2D eigenvalue weighted by Crippen LogP contribution is -2.23. The number of hydrogen-bond acceptors (Lipinski definition) is 2. The van der Waals surface area contributed by atoms with Crippen molar-refractivity contribution in [3.63, 3.8) is 0 Å². The average molecular weight is 276 g/mol. The fourth-order valence-electron chi connectivity index (χ4n) is 3.28. The Labute approximate surface area is 118 Å². The van der Waals surface area contributed by atoms with Crippen molar-refractivity contribution in [1.82, 2.24) is 14.9 Å². The van der Waals surface area contributed by atoms with Crippen molar-refractivity contribution in [2.24, 2.45) is 0 Å². The zero-order valence-electron chi connectivity index (χ0n) is 11.1. The molecular formula is C15H18ClN3. The number of hydrogen-bond donors (Lipinski definition) is 1. The van der Waals surface area contributed by atoms with E-state index in [4.69, 9.17) is 16.6 Å². The highest BCUT2D eigenvalue weighted by Gasteiger charge is 2.34. The van der Waals surface area contributed by atoms with Gasteiger partial charge in [-0.05, 0) is 50.9 Å². The van der Waals surface area contributed by atoms with Gasteiger partial charge in [0.25, 0.3) is 0 Å². The van der Waals surface area contributed by atoms with Crippen LogP contribution in [0.25, 0.3) is 11.0 Å². The summed E-state index contributed by atoms with van der Waals surface area (Å²) in [6.07, 6.45) is 3.76. The lowest BCUT2D eigenvalue weighted by Gasteiger charge is -2.16. The van der Waals surface area contributed by atoms with Gasteiger partial charge in [-0.25, -0.2) is 4.98 Å². The molecule has 2 atom stereocenters. The second kappa shape index (κ2) is 4.22. The number of rotatable bonds is 2. The van der Waals surface area contributed by atoms with Crippen molar-refractivity contribution >= 4 is 22.6 Å². The van der Waals surface area contributed by atoms with E-state index in [2.05, 4.69) is 22.9 Å². The summed E-state index contributed by atoms with van der Waals surface area (Å²) < 4.78 is 2.47. The fourth-order valence-corrected chi connectivity index (χ4v) is 3.45. The highest BCUT2D eigenvalue weighted by atomic mass is 35.5. The maximum Gasteiger partial charge on any atom is 0.114 e. The predicted octanol–water partition coefficient (Wildman–Crippen LogP) is 3.49. The number of nitrogens with zero attached hydrogens (tertiary/aromatic N) is 2. The van der Waals surface area contributed by atoms with Gasteiger partial charge in [0.1, 0.15) is 5.82 Å². The van der Waals surface area contributed by atoms with Gasteiger partial charge in [0.15, 0.2) is 0 Å². The average Bonchev–Trinajstić information content (AvgIpc) is 3.03. The molecular weight excluding hydrogens is 258 g/mol. The van der Waals surface area contributed by atoms with Crippen molar-refractivity contribution in [3.8, 4) is 0 Å². The number of aromatic nitrogens is 2. The smallest absolute Gasteiger partial charge is 0.114 e. The molecule has 19 heavy (non-hydrogen) atoms. The maximum atomic E-state index is 6.10. The van der Waals surface area contributed by atoms with Gasteiger partial charge in [-0.1, -0.05) is 11.6 Å². The molecule has 1 saturated heterocycles. The van der Waals surface area contributed by atoms with Crippen LogP contribution in [0.2, 0.25) is 5.02 Å². The largest absolute Gasteiger partial charge is 0.325 e. The monoisotopic (exact) mass is 275 g/mol. The lowest BCUT2D eigenvalue weighted by molar-refractivity contribution is 0.538. The summed E-state index contributed by atoms with van der Waals surface area (Å²) in [6.45, 7) is 3.36. The first kappa shape index (κ1) is 11.7. The molecule has 4 heteroatoms. The van der Waals surface area contributed by atoms with Crippen LogP contribution >= 0.6 is 11.6 Å². The quantitative estimate of drug-likeness (QED) is 0.909. The number of benzene rings is 1. The van der Waals surface area contributed by atoms with E-state index >= 15 is 0 Å². The molecule has 1 aliphatic heterocycles. The van der Waals surface area contributed by atoms with Gasteiger partial charge in [-0.3, -0.25) is 0 Å². The van der Waals surface area contributed by atoms with E-state index in [1.54, 1.807) is 0 Å². The molecule has 2 heterocycles. The van der Waals surface area contributed by atoms with Crippen molar-refractivity contribution in [3.05, 3.63) is 29.0 Å². The molecule has 1 saturated carbocycles. The van der Waals surface area contributed by atoms with Crippen molar-refractivity contribution in [1.29, 1.82) is 0 Å². The highest BCUT2D eigenvalue weighted by Crippen LogP contribution is 2.42. The minimum Gasteiger partial charge on any atom is -0.325 e. The Kier molecular flexibility index (Phi) is 2.61. The van der Waals surface area contributed by atoms with Crippen LogP contribution in [0.1, 0.15) is 44.0 Å². The second-order valence-electron chi connectivity index (χ2n) is 5.84. The highest BCUT2D eigenvalue weighted by molar-refractivity contribution is 6.31. The SMILES string of the molecule is CC1NCCC1c1nc2cc(Cl)ccc2n1C1CC1. The number of imidazole rings is 1. The Morgan fingerprint density at radius 1 is 1.32 bits per heavy atom. The van der Waals surface area contributed by atoms with Crippen LogP contribution < -0.4 is 5.32 Å². The van der Waals surface area contributed by atoms with Gasteiger partial charge in [-0.15, -0.1) is 0 Å². The van der Waals surface area contributed by atoms with Crippen LogP contribution in [0.15, 0.2) is 18.2 Å². The first-order chi connectivity index (χ1) is 9.24. The molecule has 0 spiro atoms. The third kappa shape index (κ3) is 1.87. The van der Waals surface area contributed by atoms with Crippen LogP contribution in [0.5, 0.6) is 0 Å². The third-order valence-corrected chi connectivity index (χ3v) is 4.68. The van der Waals surface area contributed by atoms with Crippen molar-refractivity contribution in [2.45, 2.75) is 44.2 Å². The van der Waals surface area contributed by atoms with E-state index in [9.17, 15) is 0 Å².